The van der Waals surface area contributed by atoms with Gasteiger partial charge in [-0.1, -0.05) is 35.4 Å². The van der Waals surface area contributed by atoms with E-state index in [0.717, 1.165) is 11.1 Å². The van der Waals surface area contributed by atoms with Crippen LogP contribution in [-0.2, 0) is 10.0 Å². The summed E-state index contributed by atoms with van der Waals surface area (Å²) in [5, 5.41) is 2.75. The Hall–Kier alpha value is -3.49. The van der Waals surface area contributed by atoms with Crippen molar-refractivity contribution in [3.63, 3.8) is 0 Å². The van der Waals surface area contributed by atoms with Crippen LogP contribution in [0.15, 0.2) is 77.7 Å². The highest BCUT2D eigenvalue weighted by Gasteiger charge is 2.15. The van der Waals surface area contributed by atoms with Crippen molar-refractivity contribution in [3.05, 3.63) is 95.1 Å². The van der Waals surface area contributed by atoms with Gasteiger partial charge in [-0.05, 0) is 62.4 Å². The Morgan fingerprint density at radius 3 is 2.03 bits per heavy atom. The summed E-state index contributed by atoms with van der Waals surface area (Å²) in [6.45, 7) is 3.75. The lowest BCUT2D eigenvalue weighted by atomic mass is 10.1. The van der Waals surface area contributed by atoms with Gasteiger partial charge in [0.05, 0.1) is 4.90 Å². The van der Waals surface area contributed by atoms with Crippen LogP contribution in [0.25, 0.3) is 0 Å². The molecule has 3 N–H and O–H groups in total. The first-order chi connectivity index (χ1) is 14.2. The maximum atomic E-state index is 12.3. The Kier molecular flexibility index (Phi) is 6.29. The fourth-order valence-electron chi connectivity index (χ4n) is 2.66. The minimum absolute atomic E-state index is 0.0441. The molecule has 0 spiro atoms. The van der Waals surface area contributed by atoms with Gasteiger partial charge in [-0.3, -0.25) is 15.0 Å². The van der Waals surface area contributed by atoms with Crippen LogP contribution < -0.4 is 15.6 Å². The van der Waals surface area contributed by atoms with Gasteiger partial charge in [0.2, 0.25) is 0 Å². The second-order valence-corrected chi connectivity index (χ2v) is 8.46. The standard InChI is InChI=1S/C22H21N3O4S/c1-15-6-12-20(13-7-15)30(28,29)25-24-22(27)17-8-10-19(11-9-17)23-21(26)18-5-3-4-16(2)14-18/h3-14,25H,1-2H3,(H,23,26)(H,24,27). The number of amides is 2. The molecule has 3 aromatic rings. The van der Waals surface area contributed by atoms with Crippen molar-refractivity contribution in [2.45, 2.75) is 18.7 Å². The Balaban J connectivity index is 1.61. The highest BCUT2D eigenvalue weighted by atomic mass is 32.2. The number of sulfonamides is 1. The van der Waals surface area contributed by atoms with Crippen LogP contribution in [0.3, 0.4) is 0 Å². The quantitative estimate of drug-likeness (QED) is 0.530. The summed E-state index contributed by atoms with van der Waals surface area (Å²) in [5.41, 5.74) is 5.35. The number of hydrogen-bond acceptors (Lipinski definition) is 4. The van der Waals surface area contributed by atoms with Gasteiger partial charge in [0.1, 0.15) is 0 Å². The molecule has 0 atom stereocenters. The molecule has 0 heterocycles. The molecule has 3 aromatic carbocycles. The Morgan fingerprint density at radius 1 is 0.733 bits per heavy atom. The molecule has 2 amide bonds. The molecule has 154 valence electrons. The molecule has 30 heavy (non-hydrogen) atoms. The van der Waals surface area contributed by atoms with Crippen LogP contribution in [-0.4, -0.2) is 20.2 Å². The zero-order valence-corrected chi connectivity index (χ0v) is 17.3. The normalized spacial score (nSPS) is 11.0. The lowest BCUT2D eigenvalue weighted by Gasteiger charge is -2.10. The lowest BCUT2D eigenvalue weighted by molar-refractivity contribution is 0.0944. The van der Waals surface area contributed by atoms with E-state index < -0.39 is 15.9 Å². The third-order valence-electron chi connectivity index (χ3n) is 4.32. The molecule has 0 radical (unpaired) electrons. The molecule has 3 rings (SSSR count). The Labute approximate surface area is 175 Å². The molecule has 0 aliphatic heterocycles. The molecular formula is C22H21N3O4S. The van der Waals surface area contributed by atoms with E-state index in [2.05, 4.69) is 15.6 Å². The fourth-order valence-corrected chi connectivity index (χ4v) is 3.50. The van der Waals surface area contributed by atoms with E-state index in [1.54, 1.807) is 42.5 Å². The Morgan fingerprint density at radius 2 is 1.40 bits per heavy atom. The summed E-state index contributed by atoms with van der Waals surface area (Å²) >= 11 is 0. The molecule has 0 fully saturated rings. The predicted molar refractivity (Wildman–Crippen MR) is 115 cm³/mol. The molecule has 0 aliphatic rings. The highest BCUT2D eigenvalue weighted by molar-refractivity contribution is 7.89. The molecule has 0 aliphatic carbocycles. The molecule has 0 saturated carbocycles. The predicted octanol–water partition coefficient (Wildman–Crippen LogP) is 3.18. The van der Waals surface area contributed by atoms with E-state index >= 15 is 0 Å². The summed E-state index contributed by atoms with van der Waals surface area (Å²) in [6, 6.07) is 19.5. The van der Waals surface area contributed by atoms with E-state index in [-0.39, 0.29) is 16.4 Å². The van der Waals surface area contributed by atoms with Crippen LogP contribution >= 0.6 is 0 Å². The van der Waals surface area contributed by atoms with Gasteiger partial charge in [0.15, 0.2) is 0 Å². The number of nitrogens with one attached hydrogen (secondary N) is 3. The van der Waals surface area contributed by atoms with Gasteiger partial charge < -0.3 is 5.32 Å². The van der Waals surface area contributed by atoms with E-state index in [1.165, 1.54) is 24.3 Å². The first kappa shape index (κ1) is 21.2. The number of carbonyl (C=O) groups is 2. The smallest absolute Gasteiger partial charge is 0.266 e. The summed E-state index contributed by atoms with van der Waals surface area (Å²) in [6.07, 6.45) is 0. The number of hydrazine groups is 1. The average Bonchev–Trinajstić information content (AvgIpc) is 2.73. The van der Waals surface area contributed by atoms with Crippen molar-refractivity contribution < 1.29 is 18.0 Å². The molecule has 0 aromatic heterocycles. The summed E-state index contributed by atoms with van der Waals surface area (Å²) in [7, 11) is -3.88. The van der Waals surface area contributed by atoms with Crippen molar-refractivity contribution in [2.24, 2.45) is 0 Å². The van der Waals surface area contributed by atoms with Crippen molar-refractivity contribution >= 4 is 27.5 Å². The van der Waals surface area contributed by atoms with Gasteiger partial charge in [-0.2, -0.15) is 0 Å². The van der Waals surface area contributed by atoms with Gasteiger partial charge in [-0.15, -0.1) is 4.83 Å². The zero-order valence-electron chi connectivity index (χ0n) is 16.5. The van der Waals surface area contributed by atoms with Crippen molar-refractivity contribution in [2.75, 3.05) is 5.32 Å². The number of aryl methyl sites for hydroxylation is 2. The molecule has 0 unspecified atom stereocenters. The Bertz CT molecular complexity index is 1170. The van der Waals surface area contributed by atoms with Gasteiger partial charge >= 0.3 is 0 Å². The number of rotatable bonds is 6. The maximum Gasteiger partial charge on any atom is 0.266 e. The summed E-state index contributed by atoms with van der Waals surface area (Å²) in [5.74, 6) is -0.885. The molecule has 0 bridgehead atoms. The summed E-state index contributed by atoms with van der Waals surface area (Å²) in [4.78, 5) is 26.6. The minimum atomic E-state index is -3.88. The van der Waals surface area contributed by atoms with E-state index in [4.69, 9.17) is 0 Å². The molecule has 8 heteroatoms. The molecular weight excluding hydrogens is 402 g/mol. The molecule has 7 nitrogen and oxygen atoms in total. The SMILES string of the molecule is Cc1ccc(S(=O)(=O)NNC(=O)c2ccc(NC(=O)c3cccc(C)c3)cc2)cc1. The highest BCUT2D eigenvalue weighted by Crippen LogP contribution is 2.13. The lowest BCUT2D eigenvalue weighted by Crippen LogP contribution is -2.41. The second kappa shape index (κ2) is 8.89. The third kappa shape index (κ3) is 5.31. The first-order valence-electron chi connectivity index (χ1n) is 9.11. The zero-order chi connectivity index (χ0) is 21.7. The maximum absolute atomic E-state index is 12.3. The first-order valence-corrected chi connectivity index (χ1v) is 10.6. The number of carbonyl (C=O) groups excluding carboxylic acids is 2. The van der Waals surface area contributed by atoms with Gasteiger partial charge in [0.25, 0.3) is 21.8 Å². The minimum Gasteiger partial charge on any atom is -0.322 e. The molecule has 0 saturated heterocycles. The van der Waals surface area contributed by atoms with Crippen molar-refractivity contribution in [1.29, 1.82) is 0 Å². The van der Waals surface area contributed by atoms with Crippen LogP contribution in [0.1, 0.15) is 31.8 Å². The van der Waals surface area contributed by atoms with E-state index in [1.807, 2.05) is 19.9 Å². The average molecular weight is 423 g/mol. The van der Waals surface area contributed by atoms with Crippen molar-refractivity contribution in [3.8, 4) is 0 Å². The number of hydrogen-bond donors (Lipinski definition) is 3. The van der Waals surface area contributed by atoms with Crippen LogP contribution in [0, 0.1) is 13.8 Å². The topological polar surface area (TPSA) is 104 Å². The third-order valence-corrected chi connectivity index (χ3v) is 5.58. The van der Waals surface area contributed by atoms with E-state index in [0.29, 0.717) is 11.3 Å². The number of benzene rings is 3. The van der Waals surface area contributed by atoms with E-state index in [9.17, 15) is 18.0 Å². The largest absolute Gasteiger partial charge is 0.322 e. The van der Waals surface area contributed by atoms with Crippen LogP contribution in [0.5, 0.6) is 0 Å². The second-order valence-electron chi connectivity index (χ2n) is 6.77. The number of anilines is 1. The van der Waals surface area contributed by atoms with Crippen LogP contribution in [0.4, 0.5) is 5.69 Å². The summed E-state index contributed by atoms with van der Waals surface area (Å²) < 4.78 is 24.5. The van der Waals surface area contributed by atoms with Gasteiger partial charge in [-0.25, -0.2) is 8.42 Å². The fraction of sp³-hybridized carbons (Fsp3) is 0.0909. The van der Waals surface area contributed by atoms with Crippen LogP contribution in [0.2, 0.25) is 0 Å². The van der Waals surface area contributed by atoms with Gasteiger partial charge in [0, 0.05) is 16.8 Å². The van der Waals surface area contributed by atoms with Crippen molar-refractivity contribution in [1.82, 2.24) is 10.3 Å². The monoisotopic (exact) mass is 423 g/mol.